The first kappa shape index (κ1) is 9.04. The maximum Gasteiger partial charge on any atom is 0.0406 e. The van der Waals surface area contributed by atoms with Crippen LogP contribution in [0.15, 0.2) is 24.3 Å². The van der Waals surface area contributed by atoms with Gasteiger partial charge >= 0.3 is 0 Å². The first-order chi connectivity index (χ1) is 6.27. The lowest BCUT2D eigenvalue weighted by molar-refractivity contribution is 0.629. The fourth-order valence-corrected chi connectivity index (χ4v) is 2.04. The highest BCUT2D eigenvalue weighted by Gasteiger charge is 2.42. The molecule has 1 saturated carbocycles. The molecule has 0 aromatic heterocycles. The van der Waals surface area contributed by atoms with Crippen molar-refractivity contribution in [2.24, 2.45) is 5.73 Å². The van der Waals surface area contributed by atoms with Gasteiger partial charge in [-0.05, 0) is 48.9 Å². The molecule has 0 heterocycles. The van der Waals surface area contributed by atoms with Gasteiger partial charge in [0.15, 0.2) is 0 Å². The van der Waals surface area contributed by atoms with Gasteiger partial charge in [0.1, 0.15) is 0 Å². The van der Waals surface area contributed by atoms with E-state index < -0.39 is 0 Å². The van der Waals surface area contributed by atoms with E-state index >= 15 is 0 Å². The van der Waals surface area contributed by atoms with Crippen LogP contribution < -0.4 is 5.73 Å². The molecular weight excluding hydrogens is 182 g/mol. The Labute approximate surface area is 83.9 Å². The van der Waals surface area contributed by atoms with E-state index in [2.05, 4.69) is 12.1 Å². The van der Waals surface area contributed by atoms with Gasteiger partial charge in [-0.3, -0.25) is 0 Å². The fraction of sp³-hybridized carbons (Fsp3) is 0.455. The molecule has 70 valence electrons. The second kappa shape index (κ2) is 3.32. The van der Waals surface area contributed by atoms with Gasteiger partial charge in [-0.25, -0.2) is 0 Å². The Balaban J connectivity index is 2.20. The van der Waals surface area contributed by atoms with Gasteiger partial charge in [0.2, 0.25) is 0 Å². The number of rotatable bonds is 3. The summed E-state index contributed by atoms with van der Waals surface area (Å²) in [5.74, 6) is 0. The highest BCUT2D eigenvalue weighted by Crippen LogP contribution is 2.50. The maximum atomic E-state index is 5.83. The van der Waals surface area contributed by atoms with Crippen LogP contribution >= 0.6 is 11.6 Å². The van der Waals surface area contributed by atoms with Gasteiger partial charge in [0, 0.05) is 5.02 Å². The summed E-state index contributed by atoms with van der Waals surface area (Å²) in [4.78, 5) is 0. The molecular formula is C11H14ClN. The molecule has 0 unspecified atom stereocenters. The molecule has 2 rings (SSSR count). The lowest BCUT2D eigenvalue weighted by Gasteiger charge is -2.13. The normalized spacial score (nSPS) is 18.6. The van der Waals surface area contributed by atoms with Crippen LogP contribution in [0.25, 0.3) is 0 Å². The molecule has 0 saturated heterocycles. The Kier molecular flexibility index (Phi) is 2.31. The van der Waals surface area contributed by atoms with Crippen molar-refractivity contribution in [1.29, 1.82) is 0 Å². The number of halogens is 1. The van der Waals surface area contributed by atoms with E-state index in [9.17, 15) is 0 Å². The Morgan fingerprint density at radius 2 is 1.85 bits per heavy atom. The van der Waals surface area contributed by atoms with E-state index in [1.165, 1.54) is 18.4 Å². The summed E-state index contributed by atoms with van der Waals surface area (Å²) >= 11 is 5.83. The first-order valence-corrected chi connectivity index (χ1v) is 5.11. The molecule has 0 amide bonds. The minimum Gasteiger partial charge on any atom is -0.330 e. The quantitative estimate of drug-likeness (QED) is 0.789. The zero-order chi connectivity index (χ0) is 9.31. The predicted molar refractivity (Wildman–Crippen MR) is 56.0 cm³/mol. The minimum absolute atomic E-state index is 0.402. The van der Waals surface area contributed by atoms with Crippen LogP contribution in [0.2, 0.25) is 5.02 Å². The van der Waals surface area contributed by atoms with Gasteiger partial charge in [-0.15, -0.1) is 0 Å². The summed E-state index contributed by atoms with van der Waals surface area (Å²) in [6, 6.07) is 8.19. The van der Waals surface area contributed by atoms with E-state index in [1.54, 1.807) is 0 Å². The van der Waals surface area contributed by atoms with Gasteiger partial charge in [-0.1, -0.05) is 23.7 Å². The molecule has 0 spiro atoms. The third-order valence-corrected chi connectivity index (χ3v) is 3.19. The molecule has 1 aromatic carbocycles. The van der Waals surface area contributed by atoms with Crippen LogP contribution in [0, 0.1) is 0 Å². The molecule has 0 atom stereocenters. The van der Waals surface area contributed by atoms with Crippen molar-refractivity contribution in [3.05, 3.63) is 34.9 Å². The van der Waals surface area contributed by atoms with Crippen LogP contribution in [0.4, 0.5) is 0 Å². The van der Waals surface area contributed by atoms with Crippen LogP contribution in [-0.2, 0) is 5.41 Å². The first-order valence-electron chi connectivity index (χ1n) is 4.73. The molecule has 2 N–H and O–H groups in total. The van der Waals surface area contributed by atoms with Crippen LogP contribution in [0.5, 0.6) is 0 Å². The summed E-state index contributed by atoms with van der Waals surface area (Å²) in [6.45, 7) is 0.780. The summed E-state index contributed by atoms with van der Waals surface area (Å²) in [5.41, 5.74) is 7.40. The number of hydrogen-bond acceptors (Lipinski definition) is 1. The number of hydrogen-bond donors (Lipinski definition) is 1. The molecule has 1 aromatic rings. The lowest BCUT2D eigenvalue weighted by Crippen LogP contribution is -2.13. The molecule has 13 heavy (non-hydrogen) atoms. The van der Waals surface area contributed by atoms with Gasteiger partial charge in [-0.2, -0.15) is 0 Å². The van der Waals surface area contributed by atoms with Crippen molar-refractivity contribution in [1.82, 2.24) is 0 Å². The second-order valence-corrected chi connectivity index (χ2v) is 4.26. The topological polar surface area (TPSA) is 26.0 Å². The molecule has 1 fully saturated rings. The summed E-state index contributed by atoms with van der Waals surface area (Å²) in [5, 5.41) is 0.812. The Bertz CT molecular complexity index is 287. The van der Waals surface area contributed by atoms with Crippen molar-refractivity contribution in [3.63, 3.8) is 0 Å². The van der Waals surface area contributed by atoms with Crippen molar-refractivity contribution in [2.45, 2.75) is 24.7 Å². The summed E-state index contributed by atoms with van der Waals surface area (Å²) in [6.07, 6.45) is 3.67. The predicted octanol–water partition coefficient (Wildman–Crippen LogP) is 2.72. The van der Waals surface area contributed by atoms with Gasteiger partial charge < -0.3 is 5.73 Å². The van der Waals surface area contributed by atoms with Crippen LogP contribution in [0.3, 0.4) is 0 Å². The standard InChI is InChI=1S/C11H14ClN/c12-10-3-1-9(2-4-10)11(5-6-11)7-8-13/h1-4H,5-8,13H2. The molecule has 1 aliphatic rings. The summed E-state index contributed by atoms with van der Waals surface area (Å²) in [7, 11) is 0. The third kappa shape index (κ3) is 1.72. The maximum absolute atomic E-state index is 5.83. The van der Waals surface area contributed by atoms with Crippen molar-refractivity contribution in [3.8, 4) is 0 Å². The average Bonchev–Trinajstić information content (AvgIpc) is 2.87. The van der Waals surface area contributed by atoms with E-state index in [1.807, 2.05) is 12.1 Å². The van der Waals surface area contributed by atoms with E-state index in [4.69, 9.17) is 17.3 Å². The monoisotopic (exact) mass is 195 g/mol. The Hall–Kier alpha value is -0.530. The average molecular weight is 196 g/mol. The number of nitrogens with two attached hydrogens (primary N) is 1. The second-order valence-electron chi connectivity index (χ2n) is 3.83. The highest BCUT2D eigenvalue weighted by atomic mass is 35.5. The lowest BCUT2D eigenvalue weighted by atomic mass is 9.93. The number of benzene rings is 1. The zero-order valence-electron chi connectivity index (χ0n) is 7.59. The van der Waals surface area contributed by atoms with Crippen molar-refractivity contribution in [2.75, 3.05) is 6.54 Å². The largest absolute Gasteiger partial charge is 0.330 e. The van der Waals surface area contributed by atoms with E-state index in [-0.39, 0.29) is 0 Å². The van der Waals surface area contributed by atoms with E-state index in [0.29, 0.717) is 5.41 Å². The molecule has 0 radical (unpaired) electrons. The molecule has 2 heteroatoms. The van der Waals surface area contributed by atoms with Gasteiger partial charge in [0.05, 0.1) is 0 Å². The smallest absolute Gasteiger partial charge is 0.0406 e. The Morgan fingerprint density at radius 3 is 2.31 bits per heavy atom. The van der Waals surface area contributed by atoms with Crippen LogP contribution in [-0.4, -0.2) is 6.54 Å². The third-order valence-electron chi connectivity index (χ3n) is 2.93. The molecule has 0 bridgehead atoms. The molecule has 0 aliphatic heterocycles. The molecule has 1 aliphatic carbocycles. The SMILES string of the molecule is NCCC1(c2ccc(Cl)cc2)CC1. The minimum atomic E-state index is 0.402. The Morgan fingerprint density at radius 1 is 1.23 bits per heavy atom. The highest BCUT2D eigenvalue weighted by molar-refractivity contribution is 6.30. The van der Waals surface area contributed by atoms with Crippen molar-refractivity contribution >= 4 is 11.6 Å². The van der Waals surface area contributed by atoms with Crippen LogP contribution in [0.1, 0.15) is 24.8 Å². The van der Waals surface area contributed by atoms with Crippen molar-refractivity contribution < 1.29 is 0 Å². The molecule has 1 nitrogen and oxygen atoms in total. The zero-order valence-corrected chi connectivity index (χ0v) is 8.35. The summed E-state index contributed by atoms with van der Waals surface area (Å²) < 4.78 is 0. The fourth-order valence-electron chi connectivity index (χ4n) is 1.91. The van der Waals surface area contributed by atoms with E-state index in [0.717, 1.165) is 18.0 Å². The van der Waals surface area contributed by atoms with Gasteiger partial charge in [0.25, 0.3) is 0 Å².